The Balaban J connectivity index is 1.76. The molecule has 0 radical (unpaired) electrons. The molecule has 1 aromatic carbocycles. The molecule has 7 heteroatoms. The largest absolute Gasteiger partial charge is 0.344 e. The van der Waals surface area contributed by atoms with Crippen molar-refractivity contribution >= 4 is 32.1 Å². The summed E-state index contributed by atoms with van der Waals surface area (Å²) >= 11 is 1.12. The van der Waals surface area contributed by atoms with Crippen LogP contribution in [0.4, 0.5) is 5.13 Å². The van der Waals surface area contributed by atoms with Gasteiger partial charge < -0.3 is 4.90 Å². The van der Waals surface area contributed by atoms with E-state index >= 15 is 0 Å². The van der Waals surface area contributed by atoms with Crippen molar-refractivity contribution in [1.29, 1.82) is 0 Å². The Bertz CT molecular complexity index is 767. The Morgan fingerprint density at radius 3 is 2.57 bits per heavy atom. The monoisotopic (exact) mass is 321 g/mol. The fraction of sp³-hybridized carbons (Fsp3) is 0.214. The van der Waals surface area contributed by atoms with Crippen molar-refractivity contribution in [1.82, 2.24) is 4.98 Å². The number of benzene rings is 1. The van der Waals surface area contributed by atoms with E-state index in [0.29, 0.717) is 5.13 Å². The number of sulfonamides is 1. The topological polar surface area (TPSA) is 76.3 Å². The zero-order valence-electron chi connectivity index (χ0n) is 11.3. The summed E-state index contributed by atoms with van der Waals surface area (Å²) in [5, 5.41) is 5.81. The number of nitrogens with zero attached hydrogens (tertiary/aromatic N) is 2. The van der Waals surface area contributed by atoms with Gasteiger partial charge in [0, 0.05) is 13.1 Å². The van der Waals surface area contributed by atoms with E-state index < -0.39 is 10.0 Å². The first-order valence-corrected chi connectivity index (χ1v) is 8.88. The predicted molar refractivity (Wildman–Crippen MR) is 84.7 cm³/mol. The van der Waals surface area contributed by atoms with E-state index in [2.05, 4.69) is 28.1 Å². The lowest BCUT2D eigenvalue weighted by atomic mass is 10.00. The Labute approximate surface area is 127 Å². The molecule has 110 valence electrons. The number of rotatable bonds is 3. The minimum atomic E-state index is -3.66. The third-order valence-corrected chi connectivity index (χ3v) is 5.84. The lowest BCUT2D eigenvalue weighted by Crippen LogP contribution is -2.27. The predicted octanol–water partition coefficient (Wildman–Crippen LogP) is 2.08. The number of aromatic nitrogens is 1. The summed E-state index contributed by atoms with van der Waals surface area (Å²) in [6, 6.07) is 10.3. The molecular formula is C14H15N3O2S2. The number of hydrogen-bond acceptors (Lipinski definition) is 5. The fourth-order valence-corrected chi connectivity index (χ4v) is 3.86. The highest BCUT2D eigenvalue weighted by atomic mass is 32.2. The molecular weight excluding hydrogens is 306 g/mol. The second kappa shape index (κ2) is 5.59. The molecule has 1 aliphatic heterocycles. The van der Waals surface area contributed by atoms with Gasteiger partial charge in [0.1, 0.15) is 0 Å². The molecule has 3 rings (SSSR count). The number of primary sulfonamides is 1. The van der Waals surface area contributed by atoms with E-state index in [-0.39, 0.29) is 4.21 Å². The quantitative estimate of drug-likeness (QED) is 0.939. The first kappa shape index (κ1) is 14.2. The SMILES string of the molecule is NS(=O)(=O)c1cnc(N2CC=C(c3ccccc3)CC2)s1. The summed E-state index contributed by atoms with van der Waals surface area (Å²) in [7, 11) is -3.66. The van der Waals surface area contributed by atoms with Crippen molar-refractivity contribution in [2.75, 3.05) is 18.0 Å². The van der Waals surface area contributed by atoms with Crippen LogP contribution < -0.4 is 10.0 Å². The van der Waals surface area contributed by atoms with Gasteiger partial charge in [-0.05, 0) is 17.6 Å². The van der Waals surface area contributed by atoms with Gasteiger partial charge in [-0.25, -0.2) is 18.5 Å². The summed E-state index contributed by atoms with van der Waals surface area (Å²) in [5.41, 5.74) is 2.55. The highest BCUT2D eigenvalue weighted by molar-refractivity contribution is 7.91. The molecule has 1 aliphatic rings. The molecule has 0 spiro atoms. The van der Waals surface area contributed by atoms with Crippen molar-refractivity contribution < 1.29 is 8.42 Å². The summed E-state index contributed by atoms with van der Waals surface area (Å²) in [5.74, 6) is 0. The Morgan fingerprint density at radius 1 is 1.24 bits per heavy atom. The summed E-state index contributed by atoms with van der Waals surface area (Å²) in [6.07, 6.45) is 4.40. The minimum absolute atomic E-state index is 0.107. The second-order valence-electron chi connectivity index (χ2n) is 4.80. The zero-order chi connectivity index (χ0) is 14.9. The van der Waals surface area contributed by atoms with Crippen molar-refractivity contribution in [3.8, 4) is 0 Å². The van der Waals surface area contributed by atoms with Crippen LogP contribution in [0.25, 0.3) is 5.57 Å². The van der Waals surface area contributed by atoms with Crippen molar-refractivity contribution in [2.24, 2.45) is 5.14 Å². The zero-order valence-corrected chi connectivity index (χ0v) is 12.9. The van der Waals surface area contributed by atoms with Crippen LogP contribution in [0, 0.1) is 0 Å². The van der Waals surface area contributed by atoms with Gasteiger partial charge in [-0.15, -0.1) is 0 Å². The second-order valence-corrected chi connectivity index (χ2v) is 7.60. The van der Waals surface area contributed by atoms with Gasteiger partial charge in [0.25, 0.3) is 0 Å². The van der Waals surface area contributed by atoms with Gasteiger partial charge in [-0.3, -0.25) is 0 Å². The fourth-order valence-electron chi connectivity index (χ4n) is 2.29. The molecule has 0 fully saturated rings. The van der Waals surface area contributed by atoms with E-state index in [9.17, 15) is 8.42 Å². The molecule has 21 heavy (non-hydrogen) atoms. The number of hydrogen-bond donors (Lipinski definition) is 1. The highest BCUT2D eigenvalue weighted by Crippen LogP contribution is 2.29. The van der Waals surface area contributed by atoms with Gasteiger partial charge >= 0.3 is 0 Å². The maximum Gasteiger partial charge on any atom is 0.249 e. The first-order valence-electron chi connectivity index (χ1n) is 6.52. The standard InChI is InChI=1S/C14H15N3O2S2/c15-21(18,19)13-10-16-14(20-13)17-8-6-12(7-9-17)11-4-2-1-3-5-11/h1-6,10H,7-9H2,(H2,15,18,19). The minimum Gasteiger partial charge on any atom is -0.344 e. The number of thiazole rings is 1. The van der Waals surface area contributed by atoms with Gasteiger partial charge in [0.05, 0.1) is 6.20 Å². The molecule has 0 unspecified atom stereocenters. The maximum absolute atomic E-state index is 11.3. The lowest BCUT2D eigenvalue weighted by molar-refractivity contribution is 0.599. The molecule has 0 atom stereocenters. The molecule has 2 heterocycles. The van der Waals surface area contributed by atoms with Crippen molar-refractivity contribution in [3.05, 3.63) is 48.2 Å². The Hall–Kier alpha value is -1.70. The number of anilines is 1. The van der Waals surface area contributed by atoms with Crippen LogP contribution in [-0.4, -0.2) is 26.5 Å². The first-order chi connectivity index (χ1) is 10.0. The molecule has 0 aliphatic carbocycles. The third kappa shape index (κ3) is 3.15. The van der Waals surface area contributed by atoms with Crippen molar-refractivity contribution in [3.63, 3.8) is 0 Å². The van der Waals surface area contributed by atoms with Crippen LogP contribution in [0.1, 0.15) is 12.0 Å². The highest BCUT2D eigenvalue weighted by Gasteiger charge is 2.19. The van der Waals surface area contributed by atoms with Crippen LogP contribution >= 0.6 is 11.3 Å². The normalized spacial score (nSPS) is 15.9. The summed E-state index contributed by atoms with van der Waals surface area (Å²) in [6.45, 7) is 1.54. The molecule has 0 amide bonds. The van der Waals surface area contributed by atoms with Gasteiger partial charge in [0.15, 0.2) is 9.34 Å². The van der Waals surface area contributed by atoms with Gasteiger partial charge in [0.2, 0.25) is 10.0 Å². The van der Waals surface area contributed by atoms with Gasteiger partial charge in [-0.1, -0.05) is 47.7 Å². The van der Waals surface area contributed by atoms with Crippen LogP contribution in [0.2, 0.25) is 0 Å². The molecule has 0 saturated heterocycles. The van der Waals surface area contributed by atoms with Crippen LogP contribution in [0.3, 0.4) is 0 Å². The lowest BCUT2D eigenvalue weighted by Gasteiger charge is -2.26. The Morgan fingerprint density at radius 2 is 2.00 bits per heavy atom. The van der Waals surface area contributed by atoms with E-state index in [1.165, 1.54) is 17.3 Å². The molecule has 2 N–H and O–H groups in total. The molecule has 0 bridgehead atoms. The maximum atomic E-state index is 11.3. The summed E-state index contributed by atoms with van der Waals surface area (Å²) < 4.78 is 22.7. The molecule has 2 aromatic rings. The summed E-state index contributed by atoms with van der Waals surface area (Å²) in [4.78, 5) is 6.22. The third-order valence-electron chi connectivity index (χ3n) is 3.38. The Kier molecular flexibility index (Phi) is 3.79. The van der Waals surface area contributed by atoms with Crippen LogP contribution in [-0.2, 0) is 10.0 Å². The van der Waals surface area contributed by atoms with Crippen LogP contribution in [0.15, 0.2) is 46.8 Å². The van der Waals surface area contributed by atoms with E-state index in [1.54, 1.807) is 0 Å². The van der Waals surface area contributed by atoms with E-state index in [0.717, 1.165) is 30.8 Å². The molecule has 1 aromatic heterocycles. The van der Waals surface area contributed by atoms with E-state index in [4.69, 9.17) is 5.14 Å². The molecule has 5 nitrogen and oxygen atoms in total. The number of nitrogens with two attached hydrogens (primary N) is 1. The average molecular weight is 321 g/mol. The average Bonchev–Trinajstić information content (AvgIpc) is 2.98. The van der Waals surface area contributed by atoms with Gasteiger partial charge in [-0.2, -0.15) is 0 Å². The smallest absolute Gasteiger partial charge is 0.249 e. The van der Waals surface area contributed by atoms with Crippen LogP contribution in [0.5, 0.6) is 0 Å². The van der Waals surface area contributed by atoms with Crippen molar-refractivity contribution in [2.45, 2.75) is 10.6 Å². The van der Waals surface area contributed by atoms with E-state index in [1.807, 2.05) is 18.2 Å². The molecule has 0 saturated carbocycles.